The second-order valence-electron chi connectivity index (χ2n) is 14.0. The van der Waals surface area contributed by atoms with Crippen molar-refractivity contribution < 1.29 is 27.4 Å². The SMILES string of the molecule is [2H]c1c([2H])c([2H])c(-c2nc(-c3ccc4c(c3)C3(c5ccccc5-4)c4ccccc4-c4ccc(-c5nc(-c6c([2H])c([2H])c([2H])c([2H])c6[2H])nc(-c6c([2H])c([2H])c([2H])c([2H])c6[2H])n5)cc43)nc(-c3c([2H])c([2H])c([2H])c([2H])c3[2H])n2)c([2H])c1[2H]. The minimum Gasteiger partial charge on any atom is -0.208 e. The molecule has 8 aromatic carbocycles. The molecule has 10 aromatic rings. The molecule has 0 aliphatic heterocycles. The van der Waals surface area contributed by atoms with Crippen molar-refractivity contribution in [3.05, 3.63) is 228 Å². The fourth-order valence-corrected chi connectivity index (χ4v) is 8.32. The van der Waals surface area contributed by atoms with E-state index in [1.165, 1.54) is 0 Å². The minimum atomic E-state index is -1.22. The summed E-state index contributed by atoms with van der Waals surface area (Å²) in [6.45, 7) is 0. The lowest BCUT2D eigenvalue weighted by atomic mass is 9.70. The highest BCUT2D eigenvalue weighted by Gasteiger charge is 2.52. The molecule has 0 atom stereocenters. The maximum atomic E-state index is 8.88. The second-order valence-corrected chi connectivity index (χ2v) is 14.0. The third-order valence-corrected chi connectivity index (χ3v) is 10.8. The molecule has 2 aliphatic carbocycles. The molecule has 12 rings (SSSR count). The van der Waals surface area contributed by atoms with Crippen LogP contribution in [0.2, 0.25) is 0 Å². The van der Waals surface area contributed by atoms with Gasteiger partial charge >= 0.3 is 0 Å². The Morgan fingerprint density at radius 2 is 0.557 bits per heavy atom. The van der Waals surface area contributed by atoms with Crippen molar-refractivity contribution in [3.8, 4) is 90.6 Å². The van der Waals surface area contributed by atoms with Crippen molar-refractivity contribution in [3.63, 3.8) is 0 Å². The molecule has 0 unspecified atom stereocenters. The smallest absolute Gasteiger partial charge is 0.164 e. The van der Waals surface area contributed by atoms with Gasteiger partial charge in [0.15, 0.2) is 34.9 Å². The number of nitrogens with zero attached hydrogens (tertiary/aromatic N) is 6. The van der Waals surface area contributed by atoms with Crippen LogP contribution in [0.4, 0.5) is 0 Å². The molecule has 6 heteroatoms. The summed E-state index contributed by atoms with van der Waals surface area (Å²) in [5.41, 5.74) is 3.67. The van der Waals surface area contributed by atoms with Gasteiger partial charge < -0.3 is 0 Å². The van der Waals surface area contributed by atoms with E-state index in [0.717, 1.165) is 33.4 Å². The van der Waals surface area contributed by atoms with Crippen LogP contribution < -0.4 is 0 Å². The van der Waals surface area contributed by atoms with Gasteiger partial charge in [-0.05, 0) is 56.6 Å². The lowest BCUT2D eigenvalue weighted by molar-refractivity contribution is 0.794. The predicted octanol–water partition coefficient (Wildman–Crippen LogP) is 12.4. The fourth-order valence-electron chi connectivity index (χ4n) is 8.32. The number of hydrogen-bond acceptors (Lipinski definition) is 6. The first kappa shape index (κ1) is 20.2. The average Bonchev–Trinajstić information content (AvgIpc) is 2.60. The van der Waals surface area contributed by atoms with Crippen molar-refractivity contribution in [2.24, 2.45) is 0 Å². The van der Waals surface area contributed by atoms with E-state index in [9.17, 15) is 0 Å². The molecular formula is C55H34N6. The average molecular weight is 799 g/mol. The van der Waals surface area contributed by atoms with Gasteiger partial charge in [0.1, 0.15) is 0 Å². The van der Waals surface area contributed by atoms with Crippen LogP contribution in [0.5, 0.6) is 0 Å². The molecule has 284 valence electrons. The topological polar surface area (TPSA) is 77.3 Å². The lowest BCUT2D eigenvalue weighted by Gasteiger charge is -2.31. The van der Waals surface area contributed by atoms with Crippen LogP contribution in [-0.4, -0.2) is 29.9 Å². The van der Waals surface area contributed by atoms with Crippen molar-refractivity contribution in [1.29, 1.82) is 0 Å². The van der Waals surface area contributed by atoms with Gasteiger partial charge in [-0.3, -0.25) is 0 Å². The highest BCUT2D eigenvalue weighted by atomic mass is 15.0. The van der Waals surface area contributed by atoms with Crippen LogP contribution in [0.3, 0.4) is 0 Å². The van der Waals surface area contributed by atoms with E-state index in [-0.39, 0.29) is 22.8 Å². The number of aromatic nitrogens is 6. The van der Waals surface area contributed by atoms with Crippen molar-refractivity contribution in [1.82, 2.24) is 29.9 Å². The van der Waals surface area contributed by atoms with E-state index in [2.05, 4.69) is 9.97 Å². The Bertz CT molecular complexity index is 3940. The number of rotatable bonds is 6. The largest absolute Gasteiger partial charge is 0.208 e. The zero-order chi connectivity index (χ0) is 57.7. The van der Waals surface area contributed by atoms with Crippen LogP contribution in [0.15, 0.2) is 206 Å². The predicted molar refractivity (Wildman–Crippen MR) is 242 cm³/mol. The van der Waals surface area contributed by atoms with E-state index in [4.69, 9.17) is 47.4 Å². The van der Waals surface area contributed by atoms with Gasteiger partial charge in [0.25, 0.3) is 0 Å². The van der Waals surface area contributed by atoms with Gasteiger partial charge in [0.05, 0.1) is 32.8 Å². The van der Waals surface area contributed by atoms with Gasteiger partial charge in [-0.1, -0.05) is 194 Å². The molecule has 0 radical (unpaired) electrons. The summed E-state index contributed by atoms with van der Waals surface area (Å²) < 4.78 is 172. The Labute approximate surface area is 381 Å². The van der Waals surface area contributed by atoms with E-state index in [1.54, 1.807) is 12.1 Å². The summed E-state index contributed by atoms with van der Waals surface area (Å²) in [6.07, 6.45) is 0. The van der Waals surface area contributed by atoms with Gasteiger partial charge in [-0.25, -0.2) is 29.9 Å². The lowest BCUT2D eigenvalue weighted by Crippen LogP contribution is -2.26. The summed E-state index contributed by atoms with van der Waals surface area (Å²) in [7, 11) is 0. The summed E-state index contributed by atoms with van der Waals surface area (Å²) in [6, 6.07) is 12.5. The summed E-state index contributed by atoms with van der Waals surface area (Å²) >= 11 is 0. The Morgan fingerprint density at radius 1 is 0.279 bits per heavy atom. The van der Waals surface area contributed by atoms with Crippen LogP contribution in [0.1, 0.15) is 49.7 Å². The van der Waals surface area contributed by atoms with E-state index < -0.39 is 172 Å². The van der Waals surface area contributed by atoms with E-state index in [1.807, 2.05) is 72.8 Å². The molecule has 2 aromatic heterocycles. The number of benzene rings is 8. The number of fused-ring (bicyclic) bond motifs is 10. The van der Waals surface area contributed by atoms with E-state index in [0.29, 0.717) is 11.1 Å². The van der Waals surface area contributed by atoms with Gasteiger partial charge in [0, 0.05) is 33.4 Å². The standard InChI is InChI=1S/C55H34N6/c1-5-17-35(18-6-1)49-56-50(36-19-7-2-8-20-36)59-53(58-49)39-29-31-43-41-25-13-15-27-45(41)55(47(43)33-39)46-28-16-14-26-42(46)44-32-30-40(34-48(44)55)54-60-51(37-21-9-3-10-22-37)57-52(61-54)38-23-11-4-12-24-38/h1-34H/i1D,2D,3D,4D,5D,6D,7D,8D,9D,10D,11D,12D,17D,18D,19D,20D,21D,22D,23D,24D. The monoisotopic (exact) mass is 798 g/mol. The van der Waals surface area contributed by atoms with Crippen LogP contribution in [-0.2, 0) is 5.41 Å². The molecular weight excluding hydrogens is 745 g/mol. The molecule has 0 saturated carbocycles. The molecule has 0 bridgehead atoms. The maximum absolute atomic E-state index is 8.88. The minimum absolute atomic E-state index is 0.159. The molecule has 2 aliphatic rings. The Hall–Kier alpha value is -8.22. The maximum Gasteiger partial charge on any atom is 0.164 e. The zero-order valence-corrected chi connectivity index (χ0v) is 31.3. The van der Waals surface area contributed by atoms with Crippen molar-refractivity contribution in [2.45, 2.75) is 5.41 Å². The van der Waals surface area contributed by atoms with E-state index >= 15 is 0 Å². The molecule has 61 heavy (non-hydrogen) atoms. The third-order valence-electron chi connectivity index (χ3n) is 10.8. The van der Waals surface area contributed by atoms with Gasteiger partial charge in [-0.2, -0.15) is 0 Å². The summed E-state index contributed by atoms with van der Waals surface area (Å²) in [5, 5.41) is 0. The fraction of sp³-hybridized carbons (Fsp3) is 0.0182. The quantitative estimate of drug-likeness (QED) is 0.167. The summed E-state index contributed by atoms with van der Waals surface area (Å²) in [5.74, 6) is -2.09. The molecule has 1 spiro atoms. The molecule has 0 fully saturated rings. The Kier molecular flexibility index (Phi) is 4.62. The van der Waals surface area contributed by atoms with Crippen molar-refractivity contribution >= 4 is 0 Å². The molecule has 0 amide bonds. The Morgan fingerprint density at radius 3 is 0.885 bits per heavy atom. The second kappa shape index (κ2) is 14.0. The summed E-state index contributed by atoms with van der Waals surface area (Å²) in [4.78, 5) is 27.8. The van der Waals surface area contributed by atoms with Gasteiger partial charge in [-0.15, -0.1) is 0 Å². The zero-order valence-electron chi connectivity index (χ0n) is 51.3. The first-order chi connectivity index (χ1) is 38.5. The molecule has 6 nitrogen and oxygen atoms in total. The first-order valence-corrected chi connectivity index (χ1v) is 18.8. The highest BCUT2D eigenvalue weighted by molar-refractivity contribution is 5.96. The van der Waals surface area contributed by atoms with Crippen LogP contribution in [0, 0.1) is 0 Å². The molecule has 2 heterocycles. The molecule has 0 saturated heterocycles. The van der Waals surface area contributed by atoms with Gasteiger partial charge in [0.2, 0.25) is 0 Å². The molecule has 0 N–H and O–H groups in total. The number of hydrogen-bond donors (Lipinski definition) is 0. The normalized spacial score (nSPS) is 17.3. The van der Waals surface area contributed by atoms with Crippen LogP contribution >= 0.6 is 0 Å². The van der Waals surface area contributed by atoms with Crippen molar-refractivity contribution in [2.75, 3.05) is 0 Å². The highest BCUT2D eigenvalue weighted by Crippen LogP contribution is 2.63. The first-order valence-electron chi connectivity index (χ1n) is 28.8. The Balaban J connectivity index is 1.14. The third kappa shape index (κ3) is 5.57. The van der Waals surface area contributed by atoms with Crippen LogP contribution in [0.25, 0.3) is 90.6 Å².